The maximum absolute atomic E-state index is 11.9. The van der Waals surface area contributed by atoms with Crippen molar-refractivity contribution < 1.29 is 14.3 Å². The van der Waals surface area contributed by atoms with Crippen LogP contribution in [0.1, 0.15) is 15.9 Å². The average Bonchev–Trinajstić information content (AvgIpc) is 2.61. The number of alkyl halides is 1. The van der Waals surface area contributed by atoms with Crippen LogP contribution in [0.25, 0.3) is 10.8 Å². The largest absolute Gasteiger partial charge is 0.465 e. The molecule has 0 fully saturated rings. The Morgan fingerprint density at radius 3 is 2.33 bits per heavy atom. The molecule has 0 unspecified atom stereocenters. The molecule has 0 aromatic heterocycles. The van der Waals surface area contributed by atoms with Gasteiger partial charge in [-0.2, -0.15) is 0 Å². The van der Waals surface area contributed by atoms with E-state index in [-0.39, 0.29) is 5.88 Å². The van der Waals surface area contributed by atoms with Crippen molar-refractivity contribution in [3.05, 3.63) is 70.7 Å². The summed E-state index contributed by atoms with van der Waals surface area (Å²) in [6.45, 7) is 0. The number of fused-ring (bicyclic) bond motifs is 1. The van der Waals surface area contributed by atoms with Gasteiger partial charge >= 0.3 is 5.97 Å². The molecule has 0 bridgehead atoms. The van der Waals surface area contributed by atoms with E-state index in [1.54, 1.807) is 30.3 Å². The van der Waals surface area contributed by atoms with Crippen LogP contribution in [0.3, 0.4) is 0 Å². The summed E-state index contributed by atoms with van der Waals surface area (Å²) < 4.78 is 10.6. The first kappa shape index (κ1) is 16.6. The molecule has 0 amide bonds. The summed E-state index contributed by atoms with van der Waals surface area (Å²) in [5, 5.41) is 2.50. The molecule has 3 aromatic rings. The third kappa shape index (κ3) is 3.48. The van der Waals surface area contributed by atoms with Gasteiger partial charge in [0.1, 0.15) is 11.5 Å². The zero-order valence-corrected chi connectivity index (χ0v) is 14.4. The Kier molecular flexibility index (Phi) is 4.93. The van der Waals surface area contributed by atoms with Gasteiger partial charge in [0.15, 0.2) is 0 Å². The molecule has 0 spiro atoms. The fourth-order valence-electron chi connectivity index (χ4n) is 2.44. The van der Waals surface area contributed by atoms with E-state index >= 15 is 0 Å². The van der Waals surface area contributed by atoms with Crippen molar-refractivity contribution in [1.82, 2.24) is 0 Å². The molecule has 0 atom stereocenters. The number of ether oxygens (including phenoxy) is 2. The maximum atomic E-state index is 11.9. The monoisotopic (exact) mass is 360 g/mol. The van der Waals surface area contributed by atoms with Crippen molar-refractivity contribution in [1.29, 1.82) is 0 Å². The summed E-state index contributed by atoms with van der Waals surface area (Å²) in [5.41, 5.74) is 1.20. The van der Waals surface area contributed by atoms with Crippen LogP contribution in [-0.2, 0) is 10.6 Å². The maximum Gasteiger partial charge on any atom is 0.338 e. The second-order valence-electron chi connectivity index (χ2n) is 5.20. The zero-order valence-electron chi connectivity index (χ0n) is 12.9. The van der Waals surface area contributed by atoms with E-state index in [1.807, 2.05) is 24.3 Å². The Morgan fingerprint density at radius 1 is 0.958 bits per heavy atom. The molecule has 0 heterocycles. The SMILES string of the molecule is COC(=O)c1cc2ccc(Oc3ccc(Cl)cc3)cc2cc1CCl. The molecule has 0 N–H and O–H groups in total. The highest BCUT2D eigenvalue weighted by Gasteiger charge is 2.13. The Hall–Kier alpha value is -2.23. The minimum absolute atomic E-state index is 0.225. The summed E-state index contributed by atoms with van der Waals surface area (Å²) in [4.78, 5) is 11.9. The van der Waals surface area contributed by atoms with E-state index in [9.17, 15) is 4.79 Å². The highest BCUT2D eigenvalue weighted by atomic mass is 35.5. The number of methoxy groups -OCH3 is 1. The molecule has 24 heavy (non-hydrogen) atoms. The number of carbonyl (C=O) groups is 1. The van der Waals surface area contributed by atoms with Crippen LogP contribution in [0.15, 0.2) is 54.6 Å². The Morgan fingerprint density at radius 2 is 1.67 bits per heavy atom. The van der Waals surface area contributed by atoms with E-state index in [0.29, 0.717) is 22.1 Å². The van der Waals surface area contributed by atoms with Gasteiger partial charge in [-0.3, -0.25) is 0 Å². The van der Waals surface area contributed by atoms with Gasteiger partial charge in [-0.25, -0.2) is 4.79 Å². The van der Waals surface area contributed by atoms with E-state index in [1.165, 1.54) is 7.11 Å². The first-order valence-corrected chi connectivity index (χ1v) is 8.16. The molecule has 5 heteroatoms. The summed E-state index contributed by atoms with van der Waals surface area (Å²) in [6.07, 6.45) is 0. The number of halogens is 2. The van der Waals surface area contributed by atoms with Crippen molar-refractivity contribution in [2.24, 2.45) is 0 Å². The van der Waals surface area contributed by atoms with Crippen LogP contribution < -0.4 is 4.74 Å². The van der Waals surface area contributed by atoms with Crippen molar-refractivity contribution in [2.75, 3.05) is 7.11 Å². The Bertz CT molecular complexity index is 889. The van der Waals surface area contributed by atoms with Crippen molar-refractivity contribution >= 4 is 39.9 Å². The van der Waals surface area contributed by atoms with E-state index in [4.69, 9.17) is 32.7 Å². The molecule has 0 saturated carbocycles. The van der Waals surface area contributed by atoms with Gasteiger partial charge in [0.25, 0.3) is 0 Å². The van der Waals surface area contributed by atoms with E-state index < -0.39 is 5.97 Å². The Labute approximate surface area is 149 Å². The van der Waals surface area contributed by atoms with Gasteiger partial charge < -0.3 is 9.47 Å². The molecule has 3 rings (SSSR count). The van der Waals surface area contributed by atoms with Crippen molar-refractivity contribution in [2.45, 2.75) is 5.88 Å². The minimum atomic E-state index is -0.394. The molecule has 0 saturated heterocycles. The molecule has 0 aliphatic heterocycles. The molecule has 0 aliphatic carbocycles. The molecule has 122 valence electrons. The van der Waals surface area contributed by atoms with Crippen LogP contribution in [0.4, 0.5) is 0 Å². The number of rotatable bonds is 4. The number of esters is 1. The lowest BCUT2D eigenvalue weighted by Crippen LogP contribution is -2.05. The highest BCUT2D eigenvalue weighted by molar-refractivity contribution is 6.30. The molecule has 0 aliphatic rings. The molecule has 3 nitrogen and oxygen atoms in total. The predicted molar refractivity (Wildman–Crippen MR) is 96.4 cm³/mol. The van der Waals surface area contributed by atoms with Crippen LogP contribution in [0.5, 0.6) is 11.5 Å². The van der Waals surface area contributed by atoms with Gasteiger partial charge in [0, 0.05) is 10.9 Å². The first-order chi connectivity index (χ1) is 11.6. The van der Waals surface area contributed by atoms with Gasteiger partial charge in [0.2, 0.25) is 0 Å². The van der Waals surface area contributed by atoms with Gasteiger partial charge in [-0.15, -0.1) is 11.6 Å². The zero-order chi connectivity index (χ0) is 17.1. The molecule has 0 radical (unpaired) electrons. The fourth-order valence-corrected chi connectivity index (χ4v) is 2.78. The summed E-state index contributed by atoms with van der Waals surface area (Å²) in [6, 6.07) is 16.4. The topological polar surface area (TPSA) is 35.5 Å². The van der Waals surface area contributed by atoms with Gasteiger partial charge in [-0.1, -0.05) is 17.7 Å². The highest BCUT2D eigenvalue weighted by Crippen LogP contribution is 2.29. The predicted octanol–water partition coefficient (Wildman–Crippen LogP) is 5.81. The lowest BCUT2D eigenvalue weighted by atomic mass is 10.0. The number of hydrogen-bond donors (Lipinski definition) is 0. The van der Waals surface area contributed by atoms with Crippen LogP contribution in [-0.4, -0.2) is 13.1 Å². The lowest BCUT2D eigenvalue weighted by Gasteiger charge is -2.10. The van der Waals surface area contributed by atoms with E-state index in [0.717, 1.165) is 16.3 Å². The number of hydrogen-bond acceptors (Lipinski definition) is 3. The second kappa shape index (κ2) is 7.12. The standard InChI is InChI=1S/C19H14Cl2O3/c1-23-19(22)18-10-12-2-5-17(9-13(12)8-14(18)11-20)24-16-6-3-15(21)4-7-16/h2-10H,11H2,1H3. The lowest BCUT2D eigenvalue weighted by molar-refractivity contribution is 0.0600. The van der Waals surface area contributed by atoms with Crippen LogP contribution in [0, 0.1) is 0 Å². The van der Waals surface area contributed by atoms with Gasteiger partial charge in [-0.05, 0) is 64.9 Å². The minimum Gasteiger partial charge on any atom is -0.465 e. The molecular formula is C19H14Cl2O3. The Balaban J connectivity index is 1.98. The quantitative estimate of drug-likeness (QED) is 0.434. The average molecular weight is 361 g/mol. The smallest absolute Gasteiger partial charge is 0.338 e. The number of benzene rings is 3. The van der Waals surface area contributed by atoms with Gasteiger partial charge in [0.05, 0.1) is 12.7 Å². The van der Waals surface area contributed by atoms with Crippen LogP contribution >= 0.6 is 23.2 Å². The summed E-state index contributed by atoms with van der Waals surface area (Å²) >= 11 is 11.8. The number of carbonyl (C=O) groups excluding carboxylic acids is 1. The second-order valence-corrected chi connectivity index (χ2v) is 5.90. The van der Waals surface area contributed by atoms with Crippen molar-refractivity contribution in [3.63, 3.8) is 0 Å². The van der Waals surface area contributed by atoms with Crippen LogP contribution in [0.2, 0.25) is 5.02 Å². The van der Waals surface area contributed by atoms with Crippen molar-refractivity contribution in [3.8, 4) is 11.5 Å². The first-order valence-electron chi connectivity index (χ1n) is 7.25. The summed E-state index contributed by atoms with van der Waals surface area (Å²) in [5.74, 6) is 1.22. The normalized spacial score (nSPS) is 10.6. The third-order valence-electron chi connectivity index (χ3n) is 3.63. The molecular weight excluding hydrogens is 347 g/mol. The fraction of sp³-hybridized carbons (Fsp3) is 0.105. The third-order valence-corrected chi connectivity index (χ3v) is 4.17. The van der Waals surface area contributed by atoms with E-state index in [2.05, 4.69) is 0 Å². The molecule has 3 aromatic carbocycles. The summed E-state index contributed by atoms with van der Waals surface area (Å²) in [7, 11) is 1.35.